The van der Waals surface area contributed by atoms with Gasteiger partial charge < -0.3 is 15.5 Å². The molecule has 1 saturated heterocycles. The number of hydrogen-bond acceptors (Lipinski definition) is 3. The normalized spacial score (nSPS) is 18.2. The molecule has 150 valence electrons. The molecular formula is C22H22ClN3O3. The molecule has 4 rings (SSSR count). The number of nitrogens with one attached hydrogen (secondary N) is 2. The van der Waals surface area contributed by atoms with Crippen LogP contribution in [0.15, 0.2) is 36.4 Å². The Bertz CT molecular complexity index is 1000. The molecule has 0 radical (unpaired) electrons. The highest BCUT2D eigenvalue weighted by molar-refractivity contribution is 6.31. The number of carbonyl (C=O) groups excluding carboxylic acids is 3. The summed E-state index contributed by atoms with van der Waals surface area (Å²) in [7, 11) is 0. The Labute approximate surface area is 174 Å². The molecule has 6 nitrogen and oxygen atoms in total. The summed E-state index contributed by atoms with van der Waals surface area (Å²) in [6.07, 6.45) is 1.56. The summed E-state index contributed by atoms with van der Waals surface area (Å²) < 4.78 is 0. The Morgan fingerprint density at radius 2 is 2.03 bits per heavy atom. The second-order valence-corrected chi connectivity index (χ2v) is 7.94. The van der Waals surface area contributed by atoms with Gasteiger partial charge in [0.2, 0.25) is 11.8 Å². The van der Waals surface area contributed by atoms with Crippen LogP contribution in [-0.4, -0.2) is 35.2 Å². The molecule has 2 N–H and O–H groups in total. The minimum absolute atomic E-state index is 0.0831. The van der Waals surface area contributed by atoms with Gasteiger partial charge in [0.25, 0.3) is 5.91 Å². The standard InChI is InChI=1S/C22H22ClN3O3/c1-13-5-6-14(11-19(13)25-21(28)18-7-8-20(27)24-18)22(29)26-10-9-16-15(12-26)3-2-4-17(16)23/h2-6,11,18H,7-10,12H2,1H3,(H,24,27)(H,25,28)/t18-/m0/s1. The Kier molecular flexibility index (Phi) is 5.28. The Morgan fingerprint density at radius 3 is 2.79 bits per heavy atom. The summed E-state index contributed by atoms with van der Waals surface area (Å²) in [6.45, 7) is 2.98. The van der Waals surface area contributed by atoms with Crippen molar-refractivity contribution in [1.82, 2.24) is 10.2 Å². The van der Waals surface area contributed by atoms with Gasteiger partial charge >= 0.3 is 0 Å². The SMILES string of the molecule is Cc1ccc(C(=O)N2CCc3c(Cl)cccc3C2)cc1NC(=O)[C@@H]1CCC(=O)N1. The van der Waals surface area contributed by atoms with Gasteiger partial charge in [0.15, 0.2) is 0 Å². The van der Waals surface area contributed by atoms with Crippen LogP contribution in [0.2, 0.25) is 5.02 Å². The van der Waals surface area contributed by atoms with E-state index in [1.54, 1.807) is 17.0 Å². The fourth-order valence-corrected chi connectivity index (χ4v) is 4.13. The van der Waals surface area contributed by atoms with E-state index in [0.29, 0.717) is 37.2 Å². The molecule has 3 amide bonds. The first-order chi connectivity index (χ1) is 13.9. The molecule has 0 bridgehead atoms. The minimum atomic E-state index is -0.524. The molecular weight excluding hydrogens is 390 g/mol. The maximum atomic E-state index is 13.1. The molecule has 2 aliphatic heterocycles. The zero-order chi connectivity index (χ0) is 20.5. The maximum absolute atomic E-state index is 13.1. The highest BCUT2D eigenvalue weighted by atomic mass is 35.5. The van der Waals surface area contributed by atoms with Crippen molar-refractivity contribution in [2.75, 3.05) is 11.9 Å². The lowest BCUT2D eigenvalue weighted by Gasteiger charge is -2.29. The van der Waals surface area contributed by atoms with Crippen molar-refractivity contribution >= 4 is 35.0 Å². The van der Waals surface area contributed by atoms with Gasteiger partial charge in [-0.2, -0.15) is 0 Å². The van der Waals surface area contributed by atoms with Crippen molar-refractivity contribution in [1.29, 1.82) is 0 Å². The number of nitrogens with zero attached hydrogens (tertiary/aromatic N) is 1. The second-order valence-electron chi connectivity index (χ2n) is 7.53. The molecule has 7 heteroatoms. The highest BCUT2D eigenvalue weighted by Crippen LogP contribution is 2.27. The molecule has 1 fully saturated rings. The number of benzene rings is 2. The van der Waals surface area contributed by atoms with Gasteiger partial charge in [0, 0.05) is 35.8 Å². The van der Waals surface area contributed by atoms with E-state index >= 15 is 0 Å². The number of rotatable bonds is 3. The van der Waals surface area contributed by atoms with Crippen molar-refractivity contribution in [2.24, 2.45) is 0 Å². The zero-order valence-electron chi connectivity index (χ0n) is 16.1. The van der Waals surface area contributed by atoms with Crippen LogP contribution in [-0.2, 0) is 22.6 Å². The number of fused-ring (bicyclic) bond motifs is 1. The molecule has 0 aliphatic carbocycles. The van der Waals surface area contributed by atoms with Gasteiger partial charge in [0.1, 0.15) is 6.04 Å². The van der Waals surface area contributed by atoms with Crippen LogP contribution >= 0.6 is 11.6 Å². The van der Waals surface area contributed by atoms with Crippen LogP contribution in [0.4, 0.5) is 5.69 Å². The summed E-state index contributed by atoms with van der Waals surface area (Å²) in [5, 5.41) is 6.26. The van der Waals surface area contributed by atoms with Crippen molar-refractivity contribution in [3.05, 3.63) is 63.7 Å². The van der Waals surface area contributed by atoms with Crippen molar-refractivity contribution in [2.45, 2.75) is 38.8 Å². The van der Waals surface area contributed by atoms with E-state index in [0.717, 1.165) is 28.1 Å². The van der Waals surface area contributed by atoms with E-state index in [1.165, 1.54) is 0 Å². The van der Waals surface area contributed by atoms with Crippen molar-refractivity contribution in [3.8, 4) is 0 Å². The third-order valence-corrected chi connectivity index (χ3v) is 5.90. The Balaban J connectivity index is 1.50. The van der Waals surface area contributed by atoms with Gasteiger partial charge in [-0.05, 0) is 54.7 Å². The van der Waals surface area contributed by atoms with E-state index in [9.17, 15) is 14.4 Å². The quantitative estimate of drug-likeness (QED) is 0.814. The van der Waals surface area contributed by atoms with Gasteiger partial charge in [-0.1, -0.05) is 29.8 Å². The van der Waals surface area contributed by atoms with Crippen molar-refractivity contribution in [3.63, 3.8) is 0 Å². The molecule has 2 aromatic carbocycles. The molecule has 2 aliphatic rings. The number of halogens is 1. The molecule has 29 heavy (non-hydrogen) atoms. The second kappa shape index (κ2) is 7.87. The first kappa shape index (κ1) is 19.5. The van der Waals surface area contributed by atoms with E-state index in [4.69, 9.17) is 11.6 Å². The third-order valence-electron chi connectivity index (χ3n) is 5.55. The smallest absolute Gasteiger partial charge is 0.254 e. The van der Waals surface area contributed by atoms with Crippen LogP contribution in [0.25, 0.3) is 0 Å². The van der Waals surface area contributed by atoms with Crippen LogP contribution < -0.4 is 10.6 Å². The van der Waals surface area contributed by atoms with Crippen LogP contribution in [0, 0.1) is 6.92 Å². The summed E-state index contributed by atoms with van der Waals surface area (Å²) in [5.41, 5.74) is 4.13. The predicted octanol–water partition coefficient (Wildman–Crippen LogP) is 3.06. The molecule has 2 heterocycles. The zero-order valence-corrected chi connectivity index (χ0v) is 16.9. The van der Waals surface area contributed by atoms with E-state index in [2.05, 4.69) is 10.6 Å². The summed E-state index contributed by atoms with van der Waals surface area (Å²) in [6, 6.07) is 10.6. The molecule has 0 saturated carbocycles. The third kappa shape index (κ3) is 3.98. The first-order valence-corrected chi connectivity index (χ1v) is 10.1. The fourth-order valence-electron chi connectivity index (χ4n) is 3.84. The fraction of sp³-hybridized carbons (Fsp3) is 0.318. The van der Waals surface area contributed by atoms with Crippen LogP contribution in [0.1, 0.15) is 39.9 Å². The molecule has 0 aromatic heterocycles. The average Bonchev–Trinajstić information content (AvgIpc) is 3.15. The maximum Gasteiger partial charge on any atom is 0.254 e. The summed E-state index contributed by atoms with van der Waals surface area (Å²) >= 11 is 6.27. The lowest BCUT2D eigenvalue weighted by atomic mass is 9.99. The average molecular weight is 412 g/mol. The molecule has 0 spiro atoms. The molecule has 2 aromatic rings. The number of anilines is 1. The monoisotopic (exact) mass is 411 g/mol. The van der Waals surface area contributed by atoms with Gasteiger partial charge in [-0.3, -0.25) is 14.4 Å². The summed E-state index contributed by atoms with van der Waals surface area (Å²) in [5.74, 6) is -0.457. The number of amides is 3. The largest absolute Gasteiger partial charge is 0.344 e. The van der Waals surface area contributed by atoms with Crippen molar-refractivity contribution < 1.29 is 14.4 Å². The number of carbonyl (C=O) groups is 3. The van der Waals surface area contributed by atoms with Crippen LogP contribution in [0.3, 0.4) is 0 Å². The number of hydrogen-bond donors (Lipinski definition) is 2. The van der Waals surface area contributed by atoms with Gasteiger partial charge in [-0.25, -0.2) is 0 Å². The molecule has 0 unspecified atom stereocenters. The first-order valence-electron chi connectivity index (χ1n) is 9.69. The summed E-state index contributed by atoms with van der Waals surface area (Å²) in [4.78, 5) is 38.6. The lowest BCUT2D eigenvalue weighted by molar-refractivity contribution is -0.122. The number of aryl methyl sites for hydroxylation is 1. The minimum Gasteiger partial charge on any atom is -0.344 e. The van der Waals surface area contributed by atoms with Gasteiger partial charge in [-0.15, -0.1) is 0 Å². The topological polar surface area (TPSA) is 78.5 Å². The predicted molar refractivity (Wildman–Crippen MR) is 111 cm³/mol. The van der Waals surface area contributed by atoms with Gasteiger partial charge in [0.05, 0.1) is 0 Å². The Hall–Kier alpha value is -2.86. The lowest BCUT2D eigenvalue weighted by Crippen LogP contribution is -2.37. The van der Waals surface area contributed by atoms with E-state index in [1.807, 2.05) is 31.2 Å². The molecule has 1 atom stereocenters. The van der Waals surface area contributed by atoms with Crippen LogP contribution in [0.5, 0.6) is 0 Å². The highest BCUT2D eigenvalue weighted by Gasteiger charge is 2.28. The van der Waals surface area contributed by atoms with E-state index in [-0.39, 0.29) is 17.7 Å². The van der Waals surface area contributed by atoms with E-state index < -0.39 is 6.04 Å². The Morgan fingerprint density at radius 1 is 1.21 bits per heavy atom.